The number of nitrogens with zero attached hydrogens (tertiary/aromatic N) is 4. The zero-order valence-electron chi connectivity index (χ0n) is 16.9. The van der Waals surface area contributed by atoms with Crippen LogP contribution < -0.4 is 0 Å². The molecule has 1 aliphatic heterocycles. The molecule has 1 saturated heterocycles. The minimum Gasteiger partial charge on any atom is -0.456 e. The molecule has 28 heavy (non-hydrogen) atoms. The summed E-state index contributed by atoms with van der Waals surface area (Å²) < 4.78 is 5.74. The van der Waals surface area contributed by atoms with Gasteiger partial charge < -0.3 is 14.2 Å². The van der Waals surface area contributed by atoms with Crippen molar-refractivity contribution in [1.82, 2.24) is 19.8 Å². The second-order valence-corrected chi connectivity index (χ2v) is 7.34. The maximum Gasteiger partial charge on any atom is 0.289 e. The van der Waals surface area contributed by atoms with Crippen LogP contribution in [0.15, 0.2) is 29.2 Å². The minimum atomic E-state index is -0.0608. The van der Waals surface area contributed by atoms with Crippen LogP contribution in [0.5, 0.6) is 0 Å². The lowest BCUT2D eigenvalue weighted by atomic mass is 10.1. The summed E-state index contributed by atoms with van der Waals surface area (Å²) in [5, 5.41) is 0. The quantitative estimate of drug-likeness (QED) is 0.792. The van der Waals surface area contributed by atoms with E-state index in [1.807, 2.05) is 29.7 Å². The van der Waals surface area contributed by atoms with Crippen molar-refractivity contribution in [3.05, 3.63) is 47.4 Å². The lowest BCUT2D eigenvalue weighted by Crippen LogP contribution is -2.39. The standard InChI is InChI=1S/C21H28N4O3/c1-4-19-15(2)10-20(28-19)21(27)24-8-5-6-18(7-9-24)25(16(3)26)13-17-11-22-14-23-12-17/h10-12,14,18H,4-9,13H2,1-3H3/t18-/m0/s1. The van der Waals surface area contributed by atoms with Crippen molar-refractivity contribution in [3.8, 4) is 0 Å². The largest absolute Gasteiger partial charge is 0.456 e. The molecule has 3 rings (SSSR count). The molecule has 1 aliphatic rings. The van der Waals surface area contributed by atoms with Crippen LogP contribution in [0.2, 0.25) is 0 Å². The first-order chi connectivity index (χ1) is 13.5. The first-order valence-electron chi connectivity index (χ1n) is 9.89. The number of carbonyl (C=O) groups is 2. The van der Waals surface area contributed by atoms with Crippen molar-refractivity contribution in [1.29, 1.82) is 0 Å². The predicted octanol–water partition coefficient (Wildman–Crippen LogP) is 2.98. The molecule has 0 aliphatic carbocycles. The van der Waals surface area contributed by atoms with Gasteiger partial charge in [-0.1, -0.05) is 6.92 Å². The second kappa shape index (κ2) is 8.99. The number of hydrogen-bond acceptors (Lipinski definition) is 5. The van der Waals surface area contributed by atoms with Gasteiger partial charge in [0.1, 0.15) is 12.1 Å². The smallest absolute Gasteiger partial charge is 0.289 e. The monoisotopic (exact) mass is 384 g/mol. The molecule has 1 fully saturated rings. The second-order valence-electron chi connectivity index (χ2n) is 7.34. The minimum absolute atomic E-state index is 0.0304. The van der Waals surface area contributed by atoms with Crippen molar-refractivity contribution >= 4 is 11.8 Å². The van der Waals surface area contributed by atoms with E-state index in [2.05, 4.69) is 9.97 Å². The fourth-order valence-electron chi connectivity index (χ4n) is 3.83. The fraction of sp³-hybridized carbons (Fsp3) is 0.524. The number of furan rings is 1. The predicted molar refractivity (Wildman–Crippen MR) is 105 cm³/mol. The van der Waals surface area contributed by atoms with Gasteiger partial charge in [0.05, 0.1) is 0 Å². The van der Waals surface area contributed by atoms with E-state index in [0.717, 1.165) is 42.6 Å². The Hall–Kier alpha value is -2.70. The van der Waals surface area contributed by atoms with E-state index in [-0.39, 0.29) is 17.9 Å². The fourth-order valence-corrected chi connectivity index (χ4v) is 3.83. The summed E-state index contributed by atoms with van der Waals surface area (Å²) in [4.78, 5) is 36.9. The summed E-state index contributed by atoms with van der Waals surface area (Å²) >= 11 is 0. The number of rotatable bonds is 5. The number of hydrogen-bond donors (Lipinski definition) is 0. The highest BCUT2D eigenvalue weighted by Gasteiger charge is 2.28. The van der Waals surface area contributed by atoms with Crippen molar-refractivity contribution in [2.45, 2.75) is 59.0 Å². The molecular weight excluding hydrogens is 356 g/mol. The van der Waals surface area contributed by atoms with E-state index < -0.39 is 0 Å². The van der Waals surface area contributed by atoms with Crippen molar-refractivity contribution in [2.24, 2.45) is 0 Å². The van der Waals surface area contributed by atoms with Gasteiger partial charge in [0.2, 0.25) is 5.91 Å². The molecule has 150 valence electrons. The number of aromatic nitrogens is 2. The summed E-state index contributed by atoms with van der Waals surface area (Å²) in [6.45, 7) is 7.36. The molecule has 0 unspecified atom stereocenters. The van der Waals surface area contributed by atoms with E-state index in [1.54, 1.807) is 19.3 Å². The van der Waals surface area contributed by atoms with Crippen LogP contribution in [0.4, 0.5) is 0 Å². The number of amides is 2. The average Bonchev–Trinajstić information content (AvgIpc) is 2.91. The first kappa shape index (κ1) is 20.0. The molecule has 0 aromatic carbocycles. The summed E-state index contributed by atoms with van der Waals surface area (Å²) in [7, 11) is 0. The van der Waals surface area contributed by atoms with Crippen LogP contribution in [-0.4, -0.2) is 50.7 Å². The van der Waals surface area contributed by atoms with Crippen molar-refractivity contribution in [3.63, 3.8) is 0 Å². The lowest BCUT2D eigenvalue weighted by molar-refractivity contribution is -0.132. The van der Waals surface area contributed by atoms with E-state index in [9.17, 15) is 9.59 Å². The topological polar surface area (TPSA) is 79.5 Å². The molecule has 1 atom stereocenters. The first-order valence-corrected chi connectivity index (χ1v) is 9.89. The Balaban J connectivity index is 1.67. The van der Waals surface area contributed by atoms with Crippen molar-refractivity contribution < 1.29 is 14.0 Å². The lowest BCUT2D eigenvalue weighted by Gasteiger charge is -2.30. The Morgan fingerprint density at radius 2 is 2.00 bits per heavy atom. The van der Waals surface area contributed by atoms with Crippen LogP contribution in [0.25, 0.3) is 0 Å². The molecule has 0 saturated carbocycles. The molecule has 0 radical (unpaired) electrons. The van der Waals surface area contributed by atoms with Gasteiger partial charge in [-0.3, -0.25) is 9.59 Å². The third kappa shape index (κ3) is 4.58. The van der Waals surface area contributed by atoms with Gasteiger partial charge in [-0.05, 0) is 37.8 Å². The highest BCUT2D eigenvalue weighted by Crippen LogP contribution is 2.22. The molecule has 0 N–H and O–H groups in total. The zero-order valence-corrected chi connectivity index (χ0v) is 16.9. The van der Waals surface area contributed by atoms with Crippen LogP contribution in [0.1, 0.15) is 60.6 Å². The third-order valence-corrected chi connectivity index (χ3v) is 5.35. The van der Waals surface area contributed by atoms with E-state index >= 15 is 0 Å². The van der Waals surface area contributed by atoms with Crippen molar-refractivity contribution in [2.75, 3.05) is 13.1 Å². The highest BCUT2D eigenvalue weighted by molar-refractivity contribution is 5.91. The van der Waals surface area contributed by atoms with Gasteiger partial charge in [0.15, 0.2) is 5.76 Å². The van der Waals surface area contributed by atoms with Crippen LogP contribution in [0, 0.1) is 6.92 Å². The molecule has 2 amide bonds. The van der Waals surface area contributed by atoms with Gasteiger partial charge in [0, 0.05) is 57.0 Å². The van der Waals surface area contributed by atoms with Gasteiger partial charge in [0.25, 0.3) is 5.91 Å². The molecule has 2 aromatic rings. The van der Waals surface area contributed by atoms with Gasteiger partial charge >= 0.3 is 0 Å². The highest BCUT2D eigenvalue weighted by atomic mass is 16.4. The molecule has 7 nitrogen and oxygen atoms in total. The molecule has 0 spiro atoms. The Morgan fingerprint density at radius 1 is 1.25 bits per heavy atom. The maximum absolute atomic E-state index is 12.9. The maximum atomic E-state index is 12.9. The average molecular weight is 384 g/mol. The van der Waals surface area contributed by atoms with Crippen LogP contribution in [-0.2, 0) is 17.8 Å². The third-order valence-electron chi connectivity index (χ3n) is 5.35. The summed E-state index contributed by atoms with van der Waals surface area (Å²) in [5.41, 5.74) is 1.93. The molecular formula is C21H28N4O3. The Labute approximate surface area is 165 Å². The molecule has 0 bridgehead atoms. The van der Waals surface area contributed by atoms with Crippen LogP contribution in [0.3, 0.4) is 0 Å². The molecule has 7 heteroatoms. The van der Waals surface area contributed by atoms with Crippen LogP contribution >= 0.6 is 0 Å². The van der Waals surface area contributed by atoms with E-state index in [4.69, 9.17) is 4.42 Å². The van der Waals surface area contributed by atoms with E-state index in [1.165, 1.54) is 6.33 Å². The normalized spacial score (nSPS) is 17.2. The Bertz CT molecular complexity index is 818. The zero-order chi connectivity index (χ0) is 20.1. The Kier molecular flexibility index (Phi) is 6.44. The van der Waals surface area contributed by atoms with Gasteiger partial charge in [-0.25, -0.2) is 9.97 Å². The van der Waals surface area contributed by atoms with E-state index in [0.29, 0.717) is 25.4 Å². The van der Waals surface area contributed by atoms with Gasteiger partial charge in [-0.2, -0.15) is 0 Å². The summed E-state index contributed by atoms with van der Waals surface area (Å²) in [6.07, 6.45) is 8.20. The van der Waals surface area contributed by atoms with Gasteiger partial charge in [-0.15, -0.1) is 0 Å². The summed E-state index contributed by atoms with van der Waals surface area (Å²) in [5.74, 6) is 1.25. The molecule has 3 heterocycles. The number of aryl methyl sites for hydroxylation is 2. The Morgan fingerprint density at radius 3 is 2.64 bits per heavy atom. The number of carbonyl (C=O) groups excluding carboxylic acids is 2. The molecule has 2 aromatic heterocycles. The number of likely N-dealkylation sites (tertiary alicyclic amines) is 1. The summed E-state index contributed by atoms with van der Waals surface area (Å²) in [6, 6.07) is 1.93. The SMILES string of the molecule is CCc1oc(C(=O)N2CCC[C@H](N(Cc3cncnc3)C(C)=O)CC2)cc1C.